The Bertz CT molecular complexity index is 741. The maximum Gasteiger partial charge on any atom is 0.114 e. The van der Waals surface area contributed by atoms with E-state index in [1.807, 2.05) is 12.1 Å². The van der Waals surface area contributed by atoms with Crippen molar-refractivity contribution < 1.29 is 0 Å². The van der Waals surface area contributed by atoms with Crippen LogP contribution in [0.2, 0.25) is 0 Å². The number of hydrogen-bond donors (Lipinski definition) is 1. The van der Waals surface area contributed by atoms with Gasteiger partial charge in [0, 0.05) is 18.7 Å². The Labute approximate surface area is 131 Å². The molecule has 0 aliphatic heterocycles. The fourth-order valence-electron chi connectivity index (χ4n) is 2.85. The van der Waals surface area contributed by atoms with Crippen LogP contribution >= 0.6 is 0 Å². The van der Waals surface area contributed by atoms with Gasteiger partial charge in [-0.2, -0.15) is 0 Å². The minimum Gasteiger partial charge on any atom is -0.399 e. The zero-order valence-electron chi connectivity index (χ0n) is 13.1. The quantitative estimate of drug-likeness (QED) is 0.541. The summed E-state index contributed by atoms with van der Waals surface area (Å²) in [6, 6.07) is 16.5. The molecule has 0 radical (unpaired) electrons. The molecule has 2 N–H and O–H groups in total. The summed E-state index contributed by atoms with van der Waals surface area (Å²) in [5.41, 5.74) is 10.2. The van der Waals surface area contributed by atoms with E-state index >= 15 is 0 Å². The summed E-state index contributed by atoms with van der Waals surface area (Å²) in [6.07, 6.45) is 4.54. The van der Waals surface area contributed by atoms with Gasteiger partial charge in [0.1, 0.15) is 5.82 Å². The summed E-state index contributed by atoms with van der Waals surface area (Å²) in [5, 5.41) is 0. The van der Waals surface area contributed by atoms with Gasteiger partial charge in [-0.3, -0.25) is 0 Å². The van der Waals surface area contributed by atoms with E-state index in [0.29, 0.717) is 0 Å². The summed E-state index contributed by atoms with van der Waals surface area (Å²) < 4.78 is 2.38. The molecule has 0 aliphatic carbocycles. The molecule has 3 heteroatoms. The lowest BCUT2D eigenvalue weighted by Crippen LogP contribution is -2.05. The van der Waals surface area contributed by atoms with E-state index in [1.165, 1.54) is 30.3 Å². The summed E-state index contributed by atoms with van der Waals surface area (Å²) in [7, 11) is 0. The van der Waals surface area contributed by atoms with Crippen molar-refractivity contribution in [2.45, 2.75) is 39.2 Å². The molecule has 0 atom stereocenters. The molecule has 0 saturated heterocycles. The van der Waals surface area contributed by atoms with Crippen molar-refractivity contribution in [1.29, 1.82) is 0 Å². The lowest BCUT2D eigenvalue weighted by atomic mass is 10.1. The van der Waals surface area contributed by atoms with E-state index < -0.39 is 0 Å². The first kappa shape index (κ1) is 14.6. The molecule has 0 unspecified atom stereocenters. The minimum atomic E-state index is 0.806. The van der Waals surface area contributed by atoms with Gasteiger partial charge in [-0.25, -0.2) is 4.98 Å². The van der Waals surface area contributed by atoms with Crippen LogP contribution in [0.3, 0.4) is 0 Å². The summed E-state index contributed by atoms with van der Waals surface area (Å²) in [5.74, 6) is 1.14. The number of imidazole rings is 1. The highest BCUT2D eigenvalue weighted by molar-refractivity contribution is 5.76. The third-order valence-corrected chi connectivity index (χ3v) is 4.06. The van der Waals surface area contributed by atoms with Crippen molar-refractivity contribution in [2.75, 3.05) is 5.73 Å². The summed E-state index contributed by atoms with van der Waals surface area (Å²) in [4.78, 5) is 4.84. The fraction of sp³-hybridized carbons (Fsp3) is 0.316. The highest BCUT2D eigenvalue weighted by Crippen LogP contribution is 2.20. The molecular formula is C19H23N3. The number of hydrogen-bond acceptors (Lipinski definition) is 2. The molecule has 2 aromatic carbocycles. The Morgan fingerprint density at radius 3 is 2.55 bits per heavy atom. The first-order valence-corrected chi connectivity index (χ1v) is 8.06. The largest absolute Gasteiger partial charge is 0.399 e. The second kappa shape index (κ2) is 6.65. The second-order valence-electron chi connectivity index (χ2n) is 5.79. The number of nitrogen functional groups attached to an aromatic ring is 1. The van der Waals surface area contributed by atoms with Crippen LogP contribution in [0.5, 0.6) is 0 Å². The molecule has 0 aliphatic rings. The van der Waals surface area contributed by atoms with Crippen LogP contribution in [-0.2, 0) is 13.0 Å². The number of aromatic nitrogens is 2. The van der Waals surface area contributed by atoms with Gasteiger partial charge in [0.25, 0.3) is 0 Å². The van der Waals surface area contributed by atoms with Crippen molar-refractivity contribution in [2.24, 2.45) is 0 Å². The molecule has 0 bridgehead atoms. The van der Waals surface area contributed by atoms with E-state index in [2.05, 4.69) is 47.9 Å². The zero-order chi connectivity index (χ0) is 15.4. The van der Waals surface area contributed by atoms with E-state index in [1.54, 1.807) is 0 Å². The molecule has 3 rings (SSSR count). The molecule has 0 amide bonds. The molecule has 22 heavy (non-hydrogen) atoms. The smallest absolute Gasteiger partial charge is 0.114 e. The van der Waals surface area contributed by atoms with E-state index in [0.717, 1.165) is 30.0 Å². The average Bonchev–Trinajstić information content (AvgIpc) is 2.88. The van der Waals surface area contributed by atoms with Crippen molar-refractivity contribution in [1.82, 2.24) is 9.55 Å². The van der Waals surface area contributed by atoms with Crippen LogP contribution in [0, 0.1) is 0 Å². The fourth-order valence-corrected chi connectivity index (χ4v) is 2.85. The zero-order valence-corrected chi connectivity index (χ0v) is 13.1. The van der Waals surface area contributed by atoms with Crippen LogP contribution < -0.4 is 5.73 Å². The number of benzene rings is 2. The summed E-state index contributed by atoms with van der Waals surface area (Å²) in [6.45, 7) is 3.28. The molecule has 1 aromatic heterocycles. The van der Waals surface area contributed by atoms with Gasteiger partial charge in [0.2, 0.25) is 0 Å². The number of nitrogens with zero attached hydrogens (tertiary/aromatic N) is 2. The van der Waals surface area contributed by atoms with E-state index in [-0.39, 0.29) is 0 Å². The van der Waals surface area contributed by atoms with Gasteiger partial charge in [0.05, 0.1) is 11.0 Å². The average molecular weight is 293 g/mol. The molecule has 1 heterocycles. The Balaban J connectivity index is 1.92. The number of aryl methyl sites for hydroxylation is 1. The highest BCUT2D eigenvalue weighted by Gasteiger charge is 2.10. The van der Waals surface area contributed by atoms with Gasteiger partial charge in [-0.1, -0.05) is 44.0 Å². The number of para-hydroxylation sites is 2. The van der Waals surface area contributed by atoms with Crippen molar-refractivity contribution in [3.05, 3.63) is 59.9 Å². The van der Waals surface area contributed by atoms with Crippen LogP contribution in [0.4, 0.5) is 5.69 Å². The van der Waals surface area contributed by atoms with Crippen molar-refractivity contribution in [3.8, 4) is 0 Å². The Morgan fingerprint density at radius 1 is 1.00 bits per heavy atom. The monoisotopic (exact) mass is 293 g/mol. The Kier molecular flexibility index (Phi) is 4.42. The first-order valence-electron chi connectivity index (χ1n) is 8.06. The van der Waals surface area contributed by atoms with Crippen LogP contribution in [0.15, 0.2) is 48.5 Å². The van der Waals surface area contributed by atoms with Crippen LogP contribution in [0.25, 0.3) is 11.0 Å². The number of fused-ring (bicyclic) bond motifs is 1. The van der Waals surface area contributed by atoms with Gasteiger partial charge >= 0.3 is 0 Å². The lowest BCUT2D eigenvalue weighted by molar-refractivity contribution is 0.596. The van der Waals surface area contributed by atoms with Gasteiger partial charge in [-0.05, 0) is 36.2 Å². The predicted molar refractivity (Wildman–Crippen MR) is 92.9 cm³/mol. The molecule has 3 nitrogen and oxygen atoms in total. The van der Waals surface area contributed by atoms with E-state index in [4.69, 9.17) is 10.7 Å². The third kappa shape index (κ3) is 3.14. The number of unbranched alkanes of at least 4 members (excludes halogenated alkanes) is 2. The molecule has 0 saturated carbocycles. The SMILES string of the molecule is CCCCCn1c(Cc2ccc(N)cc2)nc2ccccc21. The minimum absolute atomic E-state index is 0.806. The maximum atomic E-state index is 5.77. The Hall–Kier alpha value is -2.29. The van der Waals surface area contributed by atoms with Gasteiger partial charge in [-0.15, -0.1) is 0 Å². The Morgan fingerprint density at radius 2 is 1.77 bits per heavy atom. The molecule has 3 aromatic rings. The predicted octanol–water partition coefficient (Wildman–Crippen LogP) is 4.40. The van der Waals surface area contributed by atoms with Gasteiger partial charge in [0.15, 0.2) is 0 Å². The topological polar surface area (TPSA) is 43.8 Å². The number of rotatable bonds is 6. The molecule has 0 fully saturated rings. The van der Waals surface area contributed by atoms with Crippen molar-refractivity contribution >= 4 is 16.7 Å². The number of anilines is 1. The summed E-state index contributed by atoms with van der Waals surface area (Å²) >= 11 is 0. The molecule has 114 valence electrons. The standard InChI is InChI=1S/C19H23N3/c1-2-3-6-13-22-18-8-5-4-7-17(18)21-19(22)14-15-9-11-16(20)12-10-15/h4-5,7-12H,2-3,6,13-14,20H2,1H3. The second-order valence-corrected chi connectivity index (χ2v) is 5.79. The normalized spacial score (nSPS) is 11.1. The molecular weight excluding hydrogens is 270 g/mol. The van der Waals surface area contributed by atoms with Gasteiger partial charge < -0.3 is 10.3 Å². The van der Waals surface area contributed by atoms with E-state index in [9.17, 15) is 0 Å². The van der Waals surface area contributed by atoms with Crippen LogP contribution in [-0.4, -0.2) is 9.55 Å². The number of nitrogens with two attached hydrogens (primary N) is 1. The lowest BCUT2D eigenvalue weighted by Gasteiger charge is -2.09. The highest BCUT2D eigenvalue weighted by atomic mass is 15.1. The third-order valence-electron chi connectivity index (χ3n) is 4.06. The maximum absolute atomic E-state index is 5.77. The first-order chi connectivity index (χ1) is 10.8. The van der Waals surface area contributed by atoms with Crippen LogP contribution in [0.1, 0.15) is 37.6 Å². The van der Waals surface area contributed by atoms with Crippen molar-refractivity contribution in [3.63, 3.8) is 0 Å². The molecule has 0 spiro atoms.